The summed E-state index contributed by atoms with van der Waals surface area (Å²) in [5.41, 5.74) is 3.71. The quantitative estimate of drug-likeness (QED) is 0.154. The third-order valence-electron chi connectivity index (χ3n) is 7.62. The number of aromatic nitrogens is 1. The number of halogens is 2. The zero-order chi connectivity index (χ0) is 33.8. The molecule has 6 rings (SSSR count). The Bertz CT molecular complexity index is 2280. The lowest BCUT2D eigenvalue weighted by molar-refractivity contribution is -0.138. The molecule has 0 fully saturated rings. The molecule has 0 N–H and O–H groups in total. The highest BCUT2D eigenvalue weighted by Gasteiger charge is 2.35. The molecule has 1 aliphatic heterocycles. The first-order valence-electron chi connectivity index (χ1n) is 14.8. The molecule has 0 aliphatic carbocycles. The molecular weight excluding hydrogens is 714 g/mol. The average Bonchev–Trinajstić information content (AvgIpc) is 3.41. The van der Waals surface area contributed by atoms with E-state index in [2.05, 4.69) is 22.0 Å². The molecule has 0 radical (unpaired) electrons. The van der Waals surface area contributed by atoms with Gasteiger partial charge < -0.3 is 14.2 Å². The number of nitriles is 1. The molecule has 0 spiro atoms. The summed E-state index contributed by atoms with van der Waals surface area (Å²) in [6.07, 6.45) is 1.75. The van der Waals surface area contributed by atoms with Crippen LogP contribution in [0.25, 0.3) is 11.8 Å². The van der Waals surface area contributed by atoms with Gasteiger partial charge in [0.2, 0.25) is 0 Å². The Hall–Kier alpha value is -4.95. The van der Waals surface area contributed by atoms with E-state index in [0.29, 0.717) is 52.7 Å². The minimum absolute atomic E-state index is 0.156. The number of hydrogen-bond donors (Lipinski definition) is 0. The largest absolute Gasteiger partial charge is 0.493 e. The van der Waals surface area contributed by atoms with Gasteiger partial charge in [0.1, 0.15) is 6.61 Å². The number of carbonyl (C=O) groups excluding carboxylic acids is 1. The molecule has 0 saturated carbocycles. The SMILES string of the molecule is CCOC(=O)C1=C(c2ccccc2)N=c2s/c(=C\c3cc(Br)c(OCc4ccccc4C#N)c(OC)c3)c(=O)n2[C@H]1c1ccc(Cl)cc1. The van der Waals surface area contributed by atoms with Crippen LogP contribution in [0.15, 0.2) is 111 Å². The first kappa shape index (κ1) is 33.0. The fourth-order valence-corrected chi connectivity index (χ4v) is 7.12. The summed E-state index contributed by atoms with van der Waals surface area (Å²) in [7, 11) is 1.53. The van der Waals surface area contributed by atoms with E-state index in [-0.39, 0.29) is 24.3 Å². The molecule has 5 aromatic rings. The average molecular weight is 741 g/mol. The van der Waals surface area contributed by atoms with Crippen LogP contribution in [-0.2, 0) is 16.1 Å². The lowest BCUT2D eigenvalue weighted by Crippen LogP contribution is -2.40. The van der Waals surface area contributed by atoms with Crippen LogP contribution in [-0.4, -0.2) is 24.3 Å². The number of ether oxygens (including phenoxy) is 3. The number of nitrogens with zero attached hydrogens (tertiary/aromatic N) is 3. The topological polar surface area (TPSA) is 103 Å². The summed E-state index contributed by atoms with van der Waals surface area (Å²) in [4.78, 5) is 33.2. The molecule has 0 saturated heterocycles. The Morgan fingerprint density at radius 3 is 2.52 bits per heavy atom. The van der Waals surface area contributed by atoms with Gasteiger partial charge in [0, 0.05) is 16.1 Å². The highest BCUT2D eigenvalue weighted by molar-refractivity contribution is 9.10. The van der Waals surface area contributed by atoms with Crippen molar-refractivity contribution in [3.8, 4) is 17.6 Å². The second kappa shape index (κ2) is 14.4. The highest BCUT2D eigenvalue weighted by atomic mass is 79.9. The van der Waals surface area contributed by atoms with Crippen molar-refractivity contribution in [3.63, 3.8) is 0 Å². The Kier molecular flexibility index (Phi) is 9.92. The predicted molar refractivity (Wildman–Crippen MR) is 189 cm³/mol. The molecule has 8 nitrogen and oxygen atoms in total. The standard InChI is InChI=1S/C37H27BrClN3O5S/c1-3-46-36(44)31-32(23-9-5-4-6-10-23)41-37-42(33(31)24-13-15-27(39)16-14-24)35(43)30(48-37)19-22-17-28(38)34(29(18-22)45-2)47-21-26-12-8-7-11-25(26)20-40/h4-19,33H,3,21H2,1-2H3/b30-19-/t33-/m0/s1. The number of hydrogen-bond acceptors (Lipinski definition) is 8. The highest BCUT2D eigenvalue weighted by Crippen LogP contribution is 2.38. The summed E-state index contributed by atoms with van der Waals surface area (Å²) in [6.45, 7) is 2.05. The van der Waals surface area contributed by atoms with Crippen LogP contribution >= 0.6 is 38.9 Å². The normalized spacial score (nSPS) is 14.1. The molecule has 2 heterocycles. The maximum absolute atomic E-state index is 14.3. The molecule has 4 aromatic carbocycles. The molecule has 48 heavy (non-hydrogen) atoms. The van der Waals surface area contributed by atoms with E-state index < -0.39 is 12.0 Å². The van der Waals surface area contributed by atoms with Gasteiger partial charge in [-0.1, -0.05) is 83.6 Å². The first-order valence-corrected chi connectivity index (χ1v) is 16.8. The number of thiazole rings is 1. The first-order chi connectivity index (χ1) is 23.3. The molecule has 0 amide bonds. The van der Waals surface area contributed by atoms with E-state index in [4.69, 9.17) is 30.8 Å². The summed E-state index contributed by atoms with van der Waals surface area (Å²) in [6, 6.07) is 28.6. The van der Waals surface area contributed by atoms with Gasteiger partial charge in [-0.05, 0) is 70.4 Å². The van der Waals surface area contributed by atoms with Crippen molar-refractivity contribution in [1.29, 1.82) is 5.26 Å². The molecule has 1 aliphatic rings. The van der Waals surface area contributed by atoms with Crippen LogP contribution in [0.3, 0.4) is 0 Å². The van der Waals surface area contributed by atoms with Gasteiger partial charge in [-0.25, -0.2) is 9.79 Å². The van der Waals surface area contributed by atoms with Gasteiger partial charge in [0.05, 0.1) is 51.7 Å². The molecule has 11 heteroatoms. The molecule has 1 atom stereocenters. The zero-order valence-corrected chi connectivity index (χ0v) is 28.9. The van der Waals surface area contributed by atoms with Gasteiger partial charge >= 0.3 is 5.97 Å². The van der Waals surface area contributed by atoms with Gasteiger partial charge in [0.25, 0.3) is 5.56 Å². The maximum atomic E-state index is 14.3. The van der Waals surface area contributed by atoms with Crippen molar-refractivity contribution >= 4 is 56.6 Å². The summed E-state index contributed by atoms with van der Waals surface area (Å²) >= 11 is 11.0. The second-order valence-corrected chi connectivity index (χ2v) is 12.9. The van der Waals surface area contributed by atoms with Crippen LogP contribution < -0.4 is 24.4 Å². The van der Waals surface area contributed by atoms with Crippen LogP contribution in [0.2, 0.25) is 5.02 Å². The fraction of sp³-hybridized carbons (Fsp3) is 0.135. The number of carbonyl (C=O) groups is 1. The smallest absolute Gasteiger partial charge is 0.338 e. The number of rotatable bonds is 9. The van der Waals surface area contributed by atoms with Crippen molar-refractivity contribution in [3.05, 3.63) is 154 Å². The van der Waals surface area contributed by atoms with Gasteiger partial charge in [-0.2, -0.15) is 5.26 Å². The fourth-order valence-electron chi connectivity index (χ4n) is 5.42. The van der Waals surface area contributed by atoms with Crippen molar-refractivity contribution in [2.75, 3.05) is 13.7 Å². The van der Waals surface area contributed by atoms with Gasteiger partial charge in [0.15, 0.2) is 16.3 Å². The van der Waals surface area contributed by atoms with E-state index >= 15 is 0 Å². The lowest BCUT2D eigenvalue weighted by atomic mass is 9.93. The van der Waals surface area contributed by atoms with Crippen LogP contribution in [0.1, 0.15) is 40.8 Å². The number of fused-ring (bicyclic) bond motifs is 1. The Morgan fingerprint density at radius 1 is 1.08 bits per heavy atom. The van der Waals surface area contributed by atoms with E-state index in [9.17, 15) is 14.9 Å². The Balaban J connectivity index is 1.49. The van der Waals surface area contributed by atoms with E-state index in [1.54, 1.807) is 55.5 Å². The Morgan fingerprint density at radius 2 is 1.81 bits per heavy atom. The van der Waals surface area contributed by atoms with Gasteiger partial charge in [-0.3, -0.25) is 9.36 Å². The zero-order valence-electron chi connectivity index (χ0n) is 25.8. The van der Waals surface area contributed by atoms with Crippen LogP contribution in [0, 0.1) is 11.3 Å². The van der Waals surface area contributed by atoms with Crippen molar-refractivity contribution in [1.82, 2.24) is 4.57 Å². The molecule has 0 unspecified atom stereocenters. The third kappa shape index (κ3) is 6.58. The minimum Gasteiger partial charge on any atom is -0.493 e. The molecule has 240 valence electrons. The van der Waals surface area contributed by atoms with E-state index in [0.717, 1.165) is 11.1 Å². The summed E-state index contributed by atoms with van der Waals surface area (Å²) in [5, 5.41) is 9.98. The second-order valence-electron chi connectivity index (χ2n) is 10.6. The summed E-state index contributed by atoms with van der Waals surface area (Å²) in [5.74, 6) is 0.335. The van der Waals surface area contributed by atoms with Crippen LogP contribution in [0.5, 0.6) is 11.5 Å². The van der Waals surface area contributed by atoms with Crippen molar-refractivity contribution in [2.45, 2.75) is 19.6 Å². The number of esters is 1. The molecular formula is C37H27BrClN3O5S. The minimum atomic E-state index is -0.816. The lowest BCUT2D eigenvalue weighted by Gasteiger charge is -2.25. The van der Waals surface area contributed by atoms with Crippen molar-refractivity contribution in [2.24, 2.45) is 4.99 Å². The van der Waals surface area contributed by atoms with Crippen LogP contribution in [0.4, 0.5) is 0 Å². The van der Waals surface area contributed by atoms with E-state index in [1.807, 2.05) is 48.5 Å². The number of methoxy groups -OCH3 is 1. The van der Waals surface area contributed by atoms with Crippen molar-refractivity contribution < 1.29 is 19.0 Å². The third-order valence-corrected chi connectivity index (χ3v) is 9.44. The Labute approximate surface area is 293 Å². The summed E-state index contributed by atoms with van der Waals surface area (Å²) < 4.78 is 19.8. The van der Waals surface area contributed by atoms with E-state index in [1.165, 1.54) is 23.0 Å². The molecule has 1 aromatic heterocycles. The van der Waals surface area contributed by atoms with Gasteiger partial charge in [-0.15, -0.1) is 0 Å². The molecule has 0 bridgehead atoms. The predicted octanol–water partition coefficient (Wildman–Crippen LogP) is 6.81. The maximum Gasteiger partial charge on any atom is 0.338 e. The monoisotopic (exact) mass is 739 g/mol. The number of benzene rings is 4.